The molecule has 0 spiro atoms. The standard InChI is InChI=1S/C24H30N2.2BrH/c1-17-11-19(3)25(20(4)12-17)15-23-7-9-24(10-8-23)16-26-21(5)13-18(2)14-22(26)6;;/h7-14H,15-16H2,1-6H3;2*1H/q+2;;/p-2. The zero-order valence-electron chi connectivity index (χ0n) is 17.7. The van der Waals surface area contributed by atoms with E-state index < -0.39 is 0 Å². The number of hydrogen-bond donors (Lipinski definition) is 0. The van der Waals surface area contributed by atoms with Crippen molar-refractivity contribution in [1.29, 1.82) is 0 Å². The Hall–Kier alpha value is -1.52. The van der Waals surface area contributed by atoms with Crippen molar-refractivity contribution < 1.29 is 43.1 Å². The molecule has 3 rings (SSSR count). The van der Waals surface area contributed by atoms with Crippen molar-refractivity contribution in [2.24, 2.45) is 0 Å². The van der Waals surface area contributed by atoms with E-state index in [1.807, 2.05) is 0 Å². The summed E-state index contributed by atoms with van der Waals surface area (Å²) < 4.78 is 4.76. The first kappa shape index (κ1) is 24.5. The number of rotatable bonds is 4. The van der Waals surface area contributed by atoms with Gasteiger partial charge in [0.1, 0.15) is 0 Å². The maximum Gasteiger partial charge on any atom is 0.179 e. The molecule has 0 aliphatic carbocycles. The minimum absolute atomic E-state index is 0. The van der Waals surface area contributed by atoms with Gasteiger partial charge in [0, 0.05) is 63.1 Å². The molecule has 0 amide bonds. The molecule has 2 heterocycles. The Balaban J connectivity index is 0.00000196. The van der Waals surface area contributed by atoms with Gasteiger partial charge in [0.05, 0.1) is 0 Å². The van der Waals surface area contributed by atoms with E-state index in [0.29, 0.717) is 0 Å². The predicted molar refractivity (Wildman–Crippen MR) is 106 cm³/mol. The first-order valence-electron chi connectivity index (χ1n) is 9.36. The third-order valence-electron chi connectivity index (χ3n) is 5.15. The quantitative estimate of drug-likeness (QED) is 0.370. The maximum absolute atomic E-state index is 2.38. The van der Waals surface area contributed by atoms with E-state index >= 15 is 0 Å². The number of halogens is 2. The molecule has 0 N–H and O–H groups in total. The summed E-state index contributed by atoms with van der Waals surface area (Å²) in [4.78, 5) is 0. The lowest BCUT2D eigenvalue weighted by Crippen LogP contribution is -3.00. The highest BCUT2D eigenvalue weighted by Gasteiger charge is 2.14. The third kappa shape index (κ3) is 5.74. The SMILES string of the molecule is Cc1cc(C)[n+](Cc2ccc(C[n+]3c(C)cc(C)cc3C)cc2)c(C)c1.[Br-].[Br-]. The van der Waals surface area contributed by atoms with Gasteiger partial charge in [0.25, 0.3) is 0 Å². The Morgan fingerprint density at radius 2 is 0.750 bits per heavy atom. The van der Waals surface area contributed by atoms with Gasteiger partial charge in [0.15, 0.2) is 35.9 Å². The van der Waals surface area contributed by atoms with Crippen LogP contribution < -0.4 is 43.1 Å². The highest BCUT2D eigenvalue weighted by molar-refractivity contribution is 5.22. The van der Waals surface area contributed by atoms with Crippen molar-refractivity contribution in [2.45, 2.75) is 54.6 Å². The average Bonchev–Trinajstić information content (AvgIpc) is 2.55. The minimum atomic E-state index is 0. The van der Waals surface area contributed by atoms with E-state index in [1.54, 1.807) is 0 Å². The fourth-order valence-electron chi connectivity index (χ4n) is 3.88. The van der Waals surface area contributed by atoms with Crippen molar-refractivity contribution in [3.8, 4) is 0 Å². The highest BCUT2D eigenvalue weighted by atomic mass is 79.9. The highest BCUT2D eigenvalue weighted by Crippen LogP contribution is 2.09. The second-order valence-electron chi connectivity index (χ2n) is 7.62. The van der Waals surface area contributed by atoms with Gasteiger partial charge in [-0.15, -0.1) is 0 Å². The van der Waals surface area contributed by atoms with Crippen molar-refractivity contribution in [1.82, 2.24) is 0 Å². The van der Waals surface area contributed by atoms with E-state index in [4.69, 9.17) is 0 Å². The van der Waals surface area contributed by atoms with E-state index in [9.17, 15) is 0 Å². The van der Waals surface area contributed by atoms with E-state index in [2.05, 4.69) is 99.2 Å². The van der Waals surface area contributed by atoms with Gasteiger partial charge in [-0.2, -0.15) is 9.13 Å². The molecule has 0 saturated heterocycles. The Labute approximate surface area is 190 Å². The predicted octanol–water partition coefficient (Wildman–Crippen LogP) is -1.78. The summed E-state index contributed by atoms with van der Waals surface area (Å²) in [6, 6.07) is 18.1. The van der Waals surface area contributed by atoms with Crippen LogP contribution in [-0.2, 0) is 13.1 Å². The summed E-state index contributed by atoms with van der Waals surface area (Å²) in [5.41, 5.74) is 10.6. The summed E-state index contributed by atoms with van der Waals surface area (Å²) in [5.74, 6) is 0. The number of nitrogens with zero attached hydrogens (tertiary/aromatic N) is 2. The summed E-state index contributed by atoms with van der Waals surface area (Å²) in [5, 5.41) is 0. The lowest BCUT2D eigenvalue weighted by Gasteiger charge is -2.08. The molecule has 0 saturated carbocycles. The van der Waals surface area contributed by atoms with Gasteiger partial charge in [-0.3, -0.25) is 0 Å². The summed E-state index contributed by atoms with van der Waals surface area (Å²) >= 11 is 0. The van der Waals surface area contributed by atoms with Crippen LogP contribution in [0.2, 0.25) is 0 Å². The molecule has 0 bridgehead atoms. The van der Waals surface area contributed by atoms with E-state index in [1.165, 1.54) is 45.0 Å². The molecule has 2 aromatic heterocycles. The molecule has 150 valence electrons. The first-order chi connectivity index (χ1) is 12.3. The number of pyridine rings is 2. The van der Waals surface area contributed by atoms with Crippen LogP contribution in [0.5, 0.6) is 0 Å². The minimum Gasteiger partial charge on any atom is -1.00 e. The topological polar surface area (TPSA) is 7.76 Å². The summed E-state index contributed by atoms with van der Waals surface area (Å²) in [6.07, 6.45) is 0. The monoisotopic (exact) mass is 504 g/mol. The molecule has 3 aromatic rings. The largest absolute Gasteiger partial charge is 1.00 e. The second kappa shape index (κ2) is 10.3. The Morgan fingerprint density at radius 1 is 0.500 bits per heavy atom. The van der Waals surface area contributed by atoms with Crippen molar-refractivity contribution in [3.05, 3.63) is 93.6 Å². The molecule has 0 radical (unpaired) electrons. The van der Waals surface area contributed by atoms with Crippen molar-refractivity contribution >= 4 is 0 Å². The summed E-state index contributed by atoms with van der Waals surface area (Å²) in [6.45, 7) is 14.9. The number of aromatic nitrogens is 2. The molecule has 4 heteroatoms. The fraction of sp³-hybridized carbons (Fsp3) is 0.333. The summed E-state index contributed by atoms with van der Waals surface area (Å²) in [7, 11) is 0. The first-order valence-corrected chi connectivity index (χ1v) is 9.36. The lowest BCUT2D eigenvalue weighted by atomic mass is 10.1. The molecule has 0 atom stereocenters. The molecule has 1 aromatic carbocycles. The molecule has 0 unspecified atom stereocenters. The van der Waals surface area contributed by atoms with Crippen LogP contribution in [0.15, 0.2) is 48.5 Å². The zero-order chi connectivity index (χ0) is 18.8. The smallest absolute Gasteiger partial charge is 0.179 e. The van der Waals surface area contributed by atoms with Gasteiger partial charge in [0.2, 0.25) is 0 Å². The van der Waals surface area contributed by atoms with Crippen molar-refractivity contribution in [3.63, 3.8) is 0 Å². The van der Waals surface area contributed by atoms with Crippen LogP contribution in [0.4, 0.5) is 0 Å². The average molecular weight is 506 g/mol. The van der Waals surface area contributed by atoms with Crippen LogP contribution in [0.1, 0.15) is 45.0 Å². The normalized spacial score (nSPS) is 10.2. The number of aryl methyl sites for hydroxylation is 6. The molecule has 0 aliphatic heterocycles. The zero-order valence-corrected chi connectivity index (χ0v) is 20.9. The molecule has 28 heavy (non-hydrogen) atoms. The van der Waals surface area contributed by atoms with Gasteiger partial charge < -0.3 is 34.0 Å². The molecule has 0 aliphatic rings. The lowest BCUT2D eigenvalue weighted by molar-refractivity contribution is -0.700. The Kier molecular flexibility index (Phi) is 9.03. The van der Waals surface area contributed by atoms with Crippen LogP contribution >= 0.6 is 0 Å². The fourth-order valence-corrected chi connectivity index (χ4v) is 3.88. The molecular formula is C24H30Br2N2. The molecule has 0 fully saturated rings. The number of hydrogen-bond acceptors (Lipinski definition) is 0. The maximum atomic E-state index is 2.38. The van der Waals surface area contributed by atoms with Crippen LogP contribution in [0.25, 0.3) is 0 Å². The van der Waals surface area contributed by atoms with Crippen LogP contribution in [0, 0.1) is 41.5 Å². The molecule has 2 nitrogen and oxygen atoms in total. The van der Waals surface area contributed by atoms with Gasteiger partial charge in [-0.05, 0) is 25.0 Å². The van der Waals surface area contributed by atoms with Crippen LogP contribution in [-0.4, -0.2) is 0 Å². The van der Waals surface area contributed by atoms with Gasteiger partial charge >= 0.3 is 0 Å². The molecular weight excluding hydrogens is 476 g/mol. The second-order valence-corrected chi connectivity index (χ2v) is 7.62. The van der Waals surface area contributed by atoms with Gasteiger partial charge in [-0.25, -0.2) is 0 Å². The van der Waals surface area contributed by atoms with E-state index in [-0.39, 0.29) is 34.0 Å². The Morgan fingerprint density at radius 3 is 1.00 bits per heavy atom. The Bertz CT molecular complexity index is 823. The number of benzene rings is 1. The van der Waals surface area contributed by atoms with Gasteiger partial charge in [-0.1, -0.05) is 24.3 Å². The third-order valence-corrected chi connectivity index (χ3v) is 5.15. The van der Waals surface area contributed by atoms with Crippen molar-refractivity contribution in [2.75, 3.05) is 0 Å². The van der Waals surface area contributed by atoms with Crippen LogP contribution in [0.3, 0.4) is 0 Å². The van der Waals surface area contributed by atoms with E-state index in [0.717, 1.165) is 13.1 Å².